The Labute approximate surface area is 154 Å². The van der Waals surface area contributed by atoms with Gasteiger partial charge in [0, 0.05) is 31.6 Å². The highest BCUT2D eigenvalue weighted by Gasteiger charge is 2.29. The maximum absolute atomic E-state index is 13.0. The van der Waals surface area contributed by atoms with E-state index in [1.165, 1.54) is 0 Å². The normalized spacial score (nSPS) is 15.9. The fourth-order valence-corrected chi connectivity index (χ4v) is 3.51. The molecule has 1 aromatic carbocycles. The molecule has 0 spiro atoms. The smallest absolute Gasteiger partial charge is 0.272 e. The van der Waals surface area contributed by atoms with Crippen LogP contribution in [0.25, 0.3) is 10.8 Å². The number of hydrogen-bond donors (Lipinski definition) is 1. The van der Waals surface area contributed by atoms with Gasteiger partial charge in [0.05, 0.1) is 17.0 Å². The number of hydrogen-bond acceptors (Lipinski definition) is 7. The Hall–Kier alpha value is -3.23. The second-order valence-corrected chi connectivity index (χ2v) is 6.69. The van der Waals surface area contributed by atoms with E-state index in [0.717, 1.165) is 11.5 Å². The van der Waals surface area contributed by atoms with Crippen LogP contribution in [0.5, 0.6) is 0 Å². The van der Waals surface area contributed by atoms with E-state index < -0.39 is 5.92 Å². The van der Waals surface area contributed by atoms with Gasteiger partial charge in [0.2, 0.25) is 5.91 Å². The lowest BCUT2D eigenvalue weighted by atomic mass is 10.00. The summed E-state index contributed by atoms with van der Waals surface area (Å²) in [5, 5.41) is 15.7. The summed E-state index contributed by atoms with van der Waals surface area (Å²) in [6.07, 6.45) is 0. The number of amides is 1. The first-order valence-electron chi connectivity index (χ1n) is 8.86. The van der Waals surface area contributed by atoms with Gasteiger partial charge in [0.25, 0.3) is 5.56 Å². The first-order chi connectivity index (χ1) is 13.1. The lowest BCUT2D eigenvalue weighted by Crippen LogP contribution is -2.50. The van der Waals surface area contributed by atoms with Crippen molar-refractivity contribution in [1.82, 2.24) is 25.4 Å². The standard InChI is InChI=1S/C18H20N6O3/c1-11(15-13-5-3-4-6-14(13)17(25)20-19-15)18(26)24-9-7-23(8-10-24)16-12(2)21-27-22-16/h3-6,11H,7-10H2,1-2H3,(H,20,25)/t11-/m1/s1. The molecule has 1 saturated heterocycles. The molecule has 1 aliphatic rings. The van der Waals surface area contributed by atoms with Gasteiger partial charge in [-0.15, -0.1) is 0 Å². The number of piperazine rings is 1. The maximum atomic E-state index is 13.0. The Morgan fingerprint density at radius 3 is 2.52 bits per heavy atom. The molecule has 0 unspecified atom stereocenters. The zero-order valence-corrected chi connectivity index (χ0v) is 15.2. The van der Waals surface area contributed by atoms with Crippen molar-refractivity contribution in [2.45, 2.75) is 19.8 Å². The van der Waals surface area contributed by atoms with Gasteiger partial charge in [-0.25, -0.2) is 9.73 Å². The van der Waals surface area contributed by atoms with Gasteiger partial charge in [-0.1, -0.05) is 23.4 Å². The molecule has 1 N–H and O–H groups in total. The largest absolute Gasteiger partial charge is 0.349 e. The van der Waals surface area contributed by atoms with Crippen molar-refractivity contribution in [3.05, 3.63) is 46.0 Å². The molecule has 1 atom stereocenters. The van der Waals surface area contributed by atoms with Crippen molar-refractivity contribution in [1.29, 1.82) is 0 Å². The third kappa shape index (κ3) is 3.05. The number of fused-ring (bicyclic) bond motifs is 1. The third-order valence-electron chi connectivity index (χ3n) is 5.03. The van der Waals surface area contributed by atoms with Crippen LogP contribution in [0.3, 0.4) is 0 Å². The zero-order valence-electron chi connectivity index (χ0n) is 15.2. The molecule has 27 heavy (non-hydrogen) atoms. The molecule has 0 bridgehead atoms. The Balaban J connectivity index is 1.52. The molecule has 0 saturated carbocycles. The summed E-state index contributed by atoms with van der Waals surface area (Å²) in [4.78, 5) is 28.9. The minimum atomic E-state index is -0.450. The Morgan fingerprint density at radius 2 is 1.85 bits per heavy atom. The molecule has 2 aromatic heterocycles. The van der Waals surface area contributed by atoms with Crippen LogP contribution in [0.2, 0.25) is 0 Å². The lowest BCUT2D eigenvalue weighted by Gasteiger charge is -2.35. The number of aromatic amines is 1. The van der Waals surface area contributed by atoms with Crippen LogP contribution < -0.4 is 10.5 Å². The van der Waals surface area contributed by atoms with E-state index in [4.69, 9.17) is 4.63 Å². The van der Waals surface area contributed by atoms with Crippen molar-refractivity contribution >= 4 is 22.5 Å². The minimum Gasteiger partial charge on any atom is -0.349 e. The van der Waals surface area contributed by atoms with Crippen molar-refractivity contribution in [2.75, 3.05) is 31.1 Å². The van der Waals surface area contributed by atoms with Crippen LogP contribution in [0, 0.1) is 6.92 Å². The number of anilines is 1. The van der Waals surface area contributed by atoms with Gasteiger partial charge in [-0.05, 0) is 25.1 Å². The molecule has 1 aliphatic heterocycles. The summed E-state index contributed by atoms with van der Waals surface area (Å²) in [5.74, 6) is 0.270. The van der Waals surface area contributed by atoms with Gasteiger partial charge < -0.3 is 9.80 Å². The van der Waals surface area contributed by atoms with E-state index in [2.05, 4.69) is 25.4 Å². The Bertz CT molecular complexity index is 1030. The number of aryl methyl sites for hydroxylation is 1. The highest BCUT2D eigenvalue weighted by Crippen LogP contribution is 2.24. The molecule has 3 heterocycles. The first kappa shape index (κ1) is 17.2. The number of aromatic nitrogens is 4. The molecule has 0 radical (unpaired) electrons. The molecule has 1 fully saturated rings. The van der Waals surface area contributed by atoms with Crippen LogP contribution >= 0.6 is 0 Å². The van der Waals surface area contributed by atoms with Crippen LogP contribution in [-0.2, 0) is 4.79 Å². The van der Waals surface area contributed by atoms with Crippen molar-refractivity contribution in [3.63, 3.8) is 0 Å². The number of carbonyl (C=O) groups is 1. The Morgan fingerprint density at radius 1 is 1.15 bits per heavy atom. The highest BCUT2D eigenvalue weighted by molar-refractivity contribution is 5.91. The van der Waals surface area contributed by atoms with Gasteiger partial charge >= 0.3 is 0 Å². The maximum Gasteiger partial charge on any atom is 0.272 e. The number of nitrogens with one attached hydrogen (secondary N) is 1. The summed E-state index contributed by atoms with van der Waals surface area (Å²) >= 11 is 0. The summed E-state index contributed by atoms with van der Waals surface area (Å²) < 4.78 is 4.76. The molecule has 1 amide bonds. The predicted octanol–water partition coefficient (Wildman–Crippen LogP) is 1.07. The number of benzene rings is 1. The predicted molar refractivity (Wildman–Crippen MR) is 98.6 cm³/mol. The number of H-pyrrole nitrogens is 1. The van der Waals surface area contributed by atoms with E-state index in [1.54, 1.807) is 12.1 Å². The fraction of sp³-hybridized carbons (Fsp3) is 0.389. The van der Waals surface area contributed by atoms with E-state index in [0.29, 0.717) is 42.6 Å². The minimum absolute atomic E-state index is 0.00523. The first-order valence-corrected chi connectivity index (χ1v) is 8.86. The van der Waals surface area contributed by atoms with Gasteiger partial charge in [-0.2, -0.15) is 5.10 Å². The molecule has 0 aliphatic carbocycles. The molecular formula is C18H20N6O3. The van der Waals surface area contributed by atoms with Crippen LogP contribution in [0.15, 0.2) is 33.7 Å². The summed E-state index contributed by atoms with van der Waals surface area (Å²) in [7, 11) is 0. The summed E-state index contributed by atoms with van der Waals surface area (Å²) in [5.41, 5.74) is 1.08. The van der Waals surface area contributed by atoms with E-state index >= 15 is 0 Å². The number of rotatable bonds is 3. The monoisotopic (exact) mass is 368 g/mol. The van der Waals surface area contributed by atoms with Gasteiger partial charge in [0.15, 0.2) is 5.82 Å². The van der Waals surface area contributed by atoms with Gasteiger partial charge in [-0.3, -0.25) is 9.59 Å². The van der Waals surface area contributed by atoms with Crippen molar-refractivity contribution in [3.8, 4) is 0 Å². The Kier molecular flexibility index (Phi) is 4.35. The third-order valence-corrected chi connectivity index (χ3v) is 5.03. The van der Waals surface area contributed by atoms with Crippen molar-refractivity contribution < 1.29 is 9.42 Å². The molecule has 140 valence electrons. The highest BCUT2D eigenvalue weighted by atomic mass is 16.6. The second-order valence-electron chi connectivity index (χ2n) is 6.69. The molecule has 3 aromatic rings. The van der Waals surface area contributed by atoms with Gasteiger partial charge in [0.1, 0.15) is 5.69 Å². The molecule has 9 nitrogen and oxygen atoms in total. The van der Waals surface area contributed by atoms with Crippen molar-refractivity contribution in [2.24, 2.45) is 0 Å². The zero-order chi connectivity index (χ0) is 19.0. The SMILES string of the molecule is Cc1nonc1N1CCN(C(=O)[C@H](C)c2n[nH]c(=O)c3ccccc23)CC1. The number of carbonyl (C=O) groups excluding carboxylic acids is 1. The number of nitrogens with zero attached hydrogens (tertiary/aromatic N) is 5. The summed E-state index contributed by atoms with van der Waals surface area (Å²) in [6.45, 7) is 6.15. The van der Waals surface area contributed by atoms with E-state index in [9.17, 15) is 9.59 Å². The van der Waals surface area contributed by atoms with Crippen LogP contribution in [-0.4, -0.2) is 57.5 Å². The fourth-order valence-electron chi connectivity index (χ4n) is 3.51. The average Bonchev–Trinajstić information content (AvgIpc) is 3.13. The topological polar surface area (TPSA) is 108 Å². The van der Waals surface area contributed by atoms with E-state index in [-0.39, 0.29) is 11.5 Å². The second kappa shape index (κ2) is 6.82. The lowest BCUT2D eigenvalue weighted by molar-refractivity contribution is -0.132. The van der Waals surface area contributed by atoms with E-state index in [1.807, 2.05) is 30.9 Å². The van der Waals surface area contributed by atoms with Crippen LogP contribution in [0.4, 0.5) is 5.82 Å². The van der Waals surface area contributed by atoms with Crippen LogP contribution in [0.1, 0.15) is 24.2 Å². The quantitative estimate of drug-likeness (QED) is 0.736. The summed E-state index contributed by atoms with van der Waals surface area (Å²) in [6, 6.07) is 7.21. The average molecular weight is 368 g/mol. The molecular weight excluding hydrogens is 348 g/mol. The molecule has 4 rings (SSSR count). The molecule has 9 heteroatoms.